The smallest absolute Gasteiger partial charge is 0.331 e. The summed E-state index contributed by atoms with van der Waals surface area (Å²) in [5.41, 5.74) is 4.54. The van der Waals surface area contributed by atoms with E-state index in [1.807, 2.05) is 91.0 Å². The van der Waals surface area contributed by atoms with E-state index in [0.29, 0.717) is 49.0 Å². The number of methoxy groups -OCH3 is 1. The summed E-state index contributed by atoms with van der Waals surface area (Å²) < 4.78 is 52.9. The van der Waals surface area contributed by atoms with Gasteiger partial charge >= 0.3 is 6.03 Å². The van der Waals surface area contributed by atoms with Crippen LogP contribution in [0.1, 0.15) is 51.8 Å². The number of hydrogen-bond donors (Lipinski definition) is 2. The Kier molecular flexibility index (Phi) is 8.40. The van der Waals surface area contributed by atoms with E-state index in [1.165, 1.54) is 6.20 Å². The summed E-state index contributed by atoms with van der Waals surface area (Å²) >= 11 is 0. The average molecular weight is 692 g/mol. The fraction of sp³-hybridized carbons (Fsp3) is 0.282. The lowest BCUT2D eigenvalue weighted by Gasteiger charge is -2.33. The van der Waals surface area contributed by atoms with E-state index in [9.17, 15) is 4.79 Å². The summed E-state index contributed by atoms with van der Waals surface area (Å²) in [6, 6.07) is 28.2. The van der Waals surface area contributed by atoms with Crippen LogP contribution in [0, 0.1) is 5.82 Å². The molecule has 3 aliphatic rings. The number of ether oxygens (including phenoxy) is 2. The number of fused-ring (bicyclic) bond motifs is 3. The van der Waals surface area contributed by atoms with Crippen molar-refractivity contribution in [3.63, 3.8) is 0 Å². The van der Waals surface area contributed by atoms with Crippen molar-refractivity contribution in [2.45, 2.75) is 61.6 Å². The van der Waals surface area contributed by atoms with Crippen molar-refractivity contribution in [2.24, 2.45) is 4.36 Å². The van der Waals surface area contributed by atoms with Gasteiger partial charge in [-0.05, 0) is 77.5 Å². The Morgan fingerprint density at radius 3 is 1.92 bits per heavy atom. The third-order valence-corrected chi connectivity index (χ3v) is 11.9. The summed E-state index contributed by atoms with van der Waals surface area (Å²) in [6.45, 7) is 0.592. The maximum atomic E-state index is 16.0. The molecule has 2 atom stereocenters. The molecule has 8 rings (SSSR count). The van der Waals surface area contributed by atoms with Crippen molar-refractivity contribution in [3.05, 3.63) is 142 Å². The van der Waals surface area contributed by atoms with Gasteiger partial charge in [0, 0.05) is 12.8 Å². The molecule has 4 aromatic carbocycles. The standard InChI is InChI=1S/C39H38FN5O4S/c1-48-29-24-45-37(49-25-29)34(23-41-45)50(47,43-38(46)42-36-32-21-11-19-30(32)35(40)31-20-12-22-33(31)36)44-39(26-13-5-2-6-14-26,27-15-7-3-8-16-27)28-17-9-4-10-18-28/h2-10,13-18,23,29H,11-12,19-22,24-25H2,1H3,(H2,42,43,44,46,47)/t29-,50-/m0/s1. The van der Waals surface area contributed by atoms with Crippen LogP contribution in [0.25, 0.3) is 0 Å². The Morgan fingerprint density at radius 2 is 1.40 bits per heavy atom. The van der Waals surface area contributed by atoms with Crippen molar-refractivity contribution in [3.8, 4) is 5.88 Å². The number of rotatable bonds is 8. The molecular formula is C39H38FN5O4S. The van der Waals surface area contributed by atoms with Gasteiger partial charge in [-0.1, -0.05) is 91.0 Å². The first-order chi connectivity index (χ1) is 24.4. The molecule has 50 heavy (non-hydrogen) atoms. The molecule has 0 fully saturated rings. The third kappa shape index (κ3) is 5.45. The maximum Gasteiger partial charge on any atom is 0.331 e. The van der Waals surface area contributed by atoms with Gasteiger partial charge in [0.1, 0.15) is 29.0 Å². The molecule has 2 amide bonds. The minimum Gasteiger partial charge on any atom is -0.474 e. The second kappa shape index (κ2) is 13.0. The van der Waals surface area contributed by atoms with Crippen LogP contribution >= 0.6 is 0 Å². The highest BCUT2D eigenvalue weighted by molar-refractivity contribution is 7.92. The highest BCUT2D eigenvalue weighted by Crippen LogP contribution is 2.44. The van der Waals surface area contributed by atoms with Crippen LogP contribution in [-0.4, -0.2) is 39.8 Å². The lowest BCUT2D eigenvalue weighted by atomic mass is 9.78. The van der Waals surface area contributed by atoms with Gasteiger partial charge < -0.3 is 14.8 Å². The number of benzene rings is 4. The fourth-order valence-corrected chi connectivity index (χ4v) is 9.55. The van der Waals surface area contributed by atoms with Crippen LogP contribution in [0.5, 0.6) is 5.88 Å². The molecule has 256 valence electrons. The fourth-order valence-electron chi connectivity index (χ4n) is 7.70. The molecular weight excluding hydrogens is 654 g/mol. The molecule has 2 heterocycles. The second-order valence-corrected chi connectivity index (χ2v) is 14.8. The highest BCUT2D eigenvalue weighted by Gasteiger charge is 2.41. The van der Waals surface area contributed by atoms with E-state index in [0.717, 1.165) is 40.7 Å². The average Bonchev–Trinajstić information content (AvgIpc) is 3.94. The summed E-state index contributed by atoms with van der Waals surface area (Å²) in [6.07, 6.45) is 5.43. The lowest BCUT2D eigenvalue weighted by molar-refractivity contribution is 0.0165. The van der Waals surface area contributed by atoms with E-state index in [2.05, 4.69) is 15.1 Å². The van der Waals surface area contributed by atoms with Gasteiger partial charge in [0.25, 0.3) is 0 Å². The van der Waals surface area contributed by atoms with Crippen LogP contribution in [0.15, 0.2) is 106 Å². The van der Waals surface area contributed by atoms with E-state index in [-0.39, 0.29) is 29.3 Å². The van der Waals surface area contributed by atoms with E-state index in [4.69, 9.17) is 13.8 Å². The molecule has 1 aliphatic heterocycles. The molecule has 11 heteroatoms. The Morgan fingerprint density at radius 1 is 0.880 bits per heavy atom. The van der Waals surface area contributed by atoms with Gasteiger partial charge in [-0.25, -0.2) is 22.8 Å². The van der Waals surface area contributed by atoms with Crippen molar-refractivity contribution < 1.29 is 22.9 Å². The normalized spacial score (nSPS) is 17.5. The van der Waals surface area contributed by atoms with Crippen molar-refractivity contribution in [2.75, 3.05) is 19.0 Å². The van der Waals surface area contributed by atoms with E-state index >= 15 is 8.60 Å². The summed E-state index contributed by atoms with van der Waals surface area (Å²) in [4.78, 5) is 14.5. The molecule has 0 unspecified atom stereocenters. The van der Waals surface area contributed by atoms with Gasteiger partial charge in [0.05, 0.1) is 12.7 Å². The number of aromatic nitrogens is 2. The number of urea groups is 1. The molecule has 2 N–H and O–H groups in total. The number of nitrogens with zero attached hydrogens (tertiary/aromatic N) is 3. The van der Waals surface area contributed by atoms with Crippen LogP contribution in [0.3, 0.4) is 0 Å². The summed E-state index contributed by atoms with van der Waals surface area (Å²) in [5, 5.41) is 7.57. The SMILES string of the molecule is CO[C@@H]1COc2c([S@@](=O)(=NC(c3ccccc3)(c3ccccc3)c3ccccc3)NC(=O)Nc3c4c(c(F)c5c3CCC5)CCC4)cnn2C1. The van der Waals surface area contributed by atoms with E-state index in [1.54, 1.807) is 11.8 Å². The quantitative estimate of drug-likeness (QED) is 0.171. The molecule has 0 spiro atoms. The van der Waals surface area contributed by atoms with Crippen LogP contribution < -0.4 is 14.8 Å². The van der Waals surface area contributed by atoms with Crippen LogP contribution in [0.2, 0.25) is 0 Å². The largest absolute Gasteiger partial charge is 0.474 e. The highest BCUT2D eigenvalue weighted by atomic mass is 32.2. The predicted molar refractivity (Wildman–Crippen MR) is 189 cm³/mol. The maximum absolute atomic E-state index is 16.0. The molecule has 5 aromatic rings. The minimum atomic E-state index is -3.91. The van der Waals surface area contributed by atoms with Gasteiger partial charge in [-0.15, -0.1) is 0 Å². The summed E-state index contributed by atoms with van der Waals surface area (Å²) in [7, 11) is -2.31. The zero-order chi connectivity index (χ0) is 34.3. The number of halogens is 1. The van der Waals surface area contributed by atoms with Crippen molar-refractivity contribution >= 4 is 21.6 Å². The molecule has 0 radical (unpaired) electrons. The number of nitrogens with one attached hydrogen (secondary N) is 2. The number of amides is 2. The predicted octanol–water partition coefficient (Wildman–Crippen LogP) is 6.96. The Hall–Kier alpha value is -5.00. The van der Waals surface area contributed by atoms with Gasteiger partial charge in [0.15, 0.2) is 9.92 Å². The zero-order valence-corrected chi connectivity index (χ0v) is 28.5. The second-order valence-electron chi connectivity index (χ2n) is 13.0. The third-order valence-electron chi connectivity index (χ3n) is 10.1. The monoisotopic (exact) mass is 691 g/mol. The van der Waals surface area contributed by atoms with Crippen LogP contribution in [0.4, 0.5) is 14.9 Å². The molecule has 2 aliphatic carbocycles. The summed E-state index contributed by atoms with van der Waals surface area (Å²) in [5.74, 6) is 0.116. The van der Waals surface area contributed by atoms with E-state index < -0.39 is 21.5 Å². The molecule has 9 nitrogen and oxygen atoms in total. The number of anilines is 1. The Balaban J connectivity index is 1.34. The van der Waals surface area contributed by atoms with Crippen molar-refractivity contribution in [1.29, 1.82) is 0 Å². The number of hydrogen-bond acceptors (Lipinski definition) is 6. The lowest BCUT2D eigenvalue weighted by Crippen LogP contribution is -2.39. The Bertz CT molecular complexity index is 2050. The topological polar surface area (TPSA) is 107 Å². The number of carbonyl (C=O) groups is 1. The van der Waals surface area contributed by atoms with Gasteiger partial charge in [-0.3, -0.25) is 0 Å². The molecule has 0 saturated carbocycles. The van der Waals surface area contributed by atoms with Gasteiger partial charge in [0.2, 0.25) is 5.88 Å². The van der Waals surface area contributed by atoms with Crippen LogP contribution in [-0.2, 0) is 52.4 Å². The first-order valence-electron chi connectivity index (χ1n) is 17.0. The first-order valence-corrected chi connectivity index (χ1v) is 18.5. The van der Waals surface area contributed by atoms with Crippen molar-refractivity contribution in [1.82, 2.24) is 14.5 Å². The molecule has 1 aromatic heterocycles. The molecule has 0 saturated heterocycles. The Labute approximate surface area is 291 Å². The zero-order valence-electron chi connectivity index (χ0n) is 27.7. The number of carbonyl (C=O) groups excluding carboxylic acids is 1. The molecule has 0 bridgehead atoms. The first kappa shape index (κ1) is 32.2. The minimum absolute atomic E-state index is 0.133. The van der Waals surface area contributed by atoms with Gasteiger partial charge in [-0.2, -0.15) is 9.46 Å².